The molecule has 0 spiro atoms. The first-order chi connectivity index (χ1) is 13.0. The van der Waals surface area contributed by atoms with Crippen molar-refractivity contribution in [2.45, 2.75) is 32.9 Å². The summed E-state index contributed by atoms with van der Waals surface area (Å²) in [5.41, 5.74) is 1.76. The van der Waals surface area contributed by atoms with Gasteiger partial charge in [0.1, 0.15) is 0 Å². The van der Waals surface area contributed by atoms with Crippen LogP contribution in [0.5, 0.6) is 0 Å². The highest BCUT2D eigenvalue weighted by atomic mass is 35.5. The number of aliphatic imine (C=N–C) groups is 1. The summed E-state index contributed by atoms with van der Waals surface area (Å²) in [5, 5.41) is 14.9. The number of hydrogen-bond donors (Lipinski definition) is 2. The molecule has 0 unspecified atom stereocenters. The van der Waals surface area contributed by atoms with E-state index in [1.54, 1.807) is 19.2 Å². The maximum atomic E-state index is 5.89. The molecule has 2 N–H and O–H groups in total. The zero-order valence-corrected chi connectivity index (χ0v) is 16.1. The van der Waals surface area contributed by atoms with E-state index >= 15 is 0 Å². The summed E-state index contributed by atoms with van der Waals surface area (Å²) in [6.45, 7) is 4.95. The molecule has 142 valence electrons. The van der Waals surface area contributed by atoms with Crippen LogP contribution in [0.25, 0.3) is 11.4 Å². The fourth-order valence-corrected chi connectivity index (χ4v) is 2.40. The highest BCUT2D eigenvalue weighted by Crippen LogP contribution is 2.18. The third-order valence-corrected chi connectivity index (χ3v) is 4.05. The van der Waals surface area contributed by atoms with Crippen LogP contribution in [0, 0.1) is 0 Å². The lowest BCUT2D eigenvalue weighted by Gasteiger charge is -2.08. The normalized spacial score (nSPS) is 11.8. The Morgan fingerprint density at radius 3 is 2.52 bits per heavy atom. The standard InChI is InChI=1S/C18H21ClN6O2/c1-11(2)15-8-14(26-24-15)9-21-18(20-3)22-10-16-23-17(25-27-16)12-4-6-13(19)7-5-12/h4-8,11H,9-10H2,1-3H3,(H2,20,21,22). The molecule has 2 heterocycles. The molecule has 0 saturated carbocycles. The van der Waals surface area contributed by atoms with E-state index in [-0.39, 0.29) is 0 Å². The molecule has 0 aliphatic heterocycles. The van der Waals surface area contributed by atoms with Crippen LogP contribution in [0.15, 0.2) is 44.4 Å². The summed E-state index contributed by atoms with van der Waals surface area (Å²) in [7, 11) is 1.68. The van der Waals surface area contributed by atoms with Crippen LogP contribution >= 0.6 is 11.6 Å². The van der Waals surface area contributed by atoms with E-state index in [1.807, 2.05) is 18.2 Å². The SMILES string of the molecule is CN=C(NCc1cc(C(C)C)no1)NCc1nc(-c2ccc(Cl)cc2)no1. The Kier molecular flexibility index (Phi) is 6.08. The predicted molar refractivity (Wildman–Crippen MR) is 102 cm³/mol. The summed E-state index contributed by atoms with van der Waals surface area (Å²) in [5.74, 6) is 2.61. The van der Waals surface area contributed by atoms with Crippen molar-refractivity contribution in [3.05, 3.63) is 52.7 Å². The molecule has 27 heavy (non-hydrogen) atoms. The van der Waals surface area contributed by atoms with Gasteiger partial charge in [-0.15, -0.1) is 0 Å². The van der Waals surface area contributed by atoms with Crippen molar-refractivity contribution in [3.63, 3.8) is 0 Å². The number of guanidine groups is 1. The van der Waals surface area contributed by atoms with Gasteiger partial charge < -0.3 is 19.7 Å². The number of nitrogens with one attached hydrogen (secondary N) is 2. The molecule has 0 radical (unpaired) electrons. The Morgan fingerprint density at radius 2 is 1.85 bits per heavy atom. The highest BCUT2D eigenvalue weighted by molar-refractivity contribution is 6.30. The van der Waals surface area contributed by atoms with Crippen LogP contribution in [0.4, 0.5) is 0 Å². The second-order valence-corrected chi connectivity index (χ2v) is 6.61. The Bertz CT molecular complexity index is 901. The van der Waals surface area contributed by atoms with Crippen molar-refractivity contribution >= 4 is 17.6 Å². The summed E-state index contributed by atoms with van der Waals surface area (Å²) in [6, 6.07) is 9.18. The van der Waals surface area contributed by atoms with Gasteiger partial charge in [-0.25, -0.2) is 0 Å². The van der Waals surface area contributed by atoms with E-state index in [0.29, 0.717) is 41.7 Å². The number of rotatable bonds is 6. The fourth-order valence-electron chi connectivity index (χ4n) is 2.28. The van der Waals surface area contributed by atoms with Crippen LogP contribution in [0.3, 0.4) is 0 Å². The van der Waals surface area contributed by atoms with E-state index in [9.17, 15) is 0 Å². The molecule has 0 aliphatic carbocycles. The van der Waals surface area contributed by atoms with Gasteiger partial charge >= 0.3 is 0 Å². The maximum absolute atomic E-state index is 5.89. The first-order valence-electron chi connectivity index (χ1n) is 8.53. The minimum atomic E-state index is 0.326. The van der Waals surface area contributed by atoms with Gasteiger partial charge in [-0.1, -0.05) is 35.8 Å². The van der Waals surface area contributed by atoms with E-state index in [0.717, 1.165) is 17.0 Å². The lowest BCUT2D eigenvalue weighted by molar-refractivity contribution is 0.369. The Hall–Kier alpha value is -2.87. The molecule has 0 saturated heterocycles. The van der Waals surface area contributed by atoms with Crippen molar-refractivity contribution < 1.29 is 9.05 Å². The van der Waals surface area contributed by atoms with E-state index < -0.39 is 0 Å². The van der Waals surface area contributed by atoms with Crippen LogP contribution in [-0.2, 0) is 13.1 Å². The zero-order chi connectivity index (χ0) is 19.2. The van der Waals surface area contributed by atoms with E-state index in [2.05, 4.69) is 44.8 Å². The van der Waals surface area contributed by atoms with Gasteiger partial charge in [0, 0.05) is 23.7 Å². The molecular formula is C18H21ClN6O2. The molecule has 8 nitrogen and oxygen atoms in total. The Morgan fingerprint density at radius 1 is 1.11 bits per heavy atom. The summed E-state index contributed by atoms with van der Waals surface area (Å²) < 4.78 is 10.6. The monoisotopic (exact) mass is 388 g/mol. The highest BCUT2D eigenvalue weighted by Gasteiger charge is 2.11. The van der Waals surface area contributed by atoms with E-state index in [1.165, 1.54) is 0 Å². The smallest absolute Gasteiger partial charge is 0.246 e. The minimum absolute atomic E-state index is 0.326. The van der Waals surface area contributed by atoms with Gasteiger partial charge in [0.25, 0.3) is 0 Å². The molecule has 3 aromatic rings. The lowest BCUT2D eigenvalue weighted by atomic mass is 10.1. The van der Waals surface area contributed by atoms with Crippen molar-refractivity contribution in [2.75, 3.05) is 7.05 Å². The number of hydrogen-bond acceptors (Lipinski definition) is 6. The summed E-state index contributed by atoms with van der Waals surface area (Å²) >= 11 is 5.89. The van der Waals surface area contributed by atoms with Crippen molar-refractivity contribution in [3.8, 4) is 11.4 Å². The van der Waals surface area contributed by atoms with Crippen LogP contribution in [0.1, 0.15) is 37.1 Å². The predicted octanol–water partition coefficient (Wildman–Crippen LogP) is 3.37. The van der Waals surface area contributed by atoms with Gasteiger partial charge in [-0.3, -0.25) is 4.99 Å². The van der Waals surface area contributed by atoms with Gasteiger partial charge in [0.05, 0.1) is 18.8 Å². The largest absolute Gasteiger partial charge is 0.359 e. The van der Waals surface area contributed by atoms with Crippen LogP contribution < -0.4 is 10.6 Å². The second kappa shape index (κ2) is 8.68. The molecule has 0 atom stereocenters. The van der Waals surface area contributed by atoms with Gasteiger partial charge in [0.15, 0.2) is 11.7 Å². The number of halogens is 1. The lowest BCUT2D eigenvalue weighted by Crippen LogP contribution is -2.36. The average Bonchev–Trinajstić information content (AvgIpc) is 3.32. The zero-order valence-electron chi connectivity index (χ0n) is 15.4. The number of benzene rings is 1. The molecule has 0 bridgehead atoms. The Labute approximate surface area is 162 Å². The average molecular weight is 389 g/mol. The Balaban J connectivity index is 1.52. The first kappa shape index (κ1) is 18.9. The van der Waals surface area contributed by atoms with E-state index in [4.69, 9.17) is 20.6 Å². The quantitative estimate of drug-likeness (QED) is 0.493. The molecule has 9 heteroatoms. The topological polar surface area (TPSA) is 101 Å². The summed E-state index contributed by atoms with van der Waals surface area (Å²) in [6.07, 6.45) is 0. The van der Waals surface area contributed by atoms with Crippen molar-refractivity contribution in [2.24, 2.45) is 4.99 Å². The number of aromatic nitrogens is 3. The van der Waals surface area contributed by atoms with Gasteiger partial charge in [0.2, 0.25) is 11.7 Å². The maximum Gasteiger partial charge on any atom is 0.246 e. The fraction of sp³-hybridized carbons (Fsp3) is 0.333. The van der Waals surface area contributed by atoms with Crippen LogP contribution in [0.2, 0.25) is 5.02 Å². The molecule has 1 aromatic carbocycles. The second-order valence-electron chi connectivity index (χ2n) is 6.17. The first-order valence-corrected chi connectivity index (χ1v) is 8.91. The summed E-state index contributed by atoms with van der Waals surface area (Å²) in [4.78, 5) is 8.53. The molecule has 0 aliphatic rings. The van der Waals surface area contributed by atoms with Crippen molar-refractivity contribution in [1.29, 1.82) is 0 Å². The van der Waals surface area contributed by atoms with Crippen LogP contribution in [-0.4, -0.2) is 28.3 Å². The number of nitrogens with zero attached hydrogens (tertiary/aromatic N) is 4. The molecule has 0 fully saturated rings. The molecule has 0 amide bonds. The molecule has 3 rings (SSSR count). The van der Waals surface area contributed by atoms with Crippen molar-refractivity contribution in [1.82, 2.24) is 25.9 Å². The van der Waals surface area contributed by atoms with Gasteiger partial charge in [-0.05, 0) is 30.2 Å². The third kappa shape index (κ3) is 5.07. The third-order valence-electron chi connectivity index (χ3n) is 3.80. The molecular weight excluding hydrogens is 368 g/mol. The minimum Gasteiger partial charge on any atom is -0.359 e. The molecule has 2 aromatic heterocycles. The van der Waals surface area contributed by atoms with Gasteiger partial charge in [-0.2, -0.15) is 4.98 Å².